The summed E-state index contributed by atoms with van der Waals surface area (Å²) in [6, 6.07) is 2.01. The fraction of sp³-hybridized carbons (Fsp3) is 0.217. The number of allylic oxidation sites excluding steroid dienone is 1. The first-order valence-electron chi connectivity index (χ1n) is 10.0. The maximum Gasteiger partial charge on any atom is 0.316 e. The fourth-order valence-corrected chi connectivity index (χ4v) is 3.46. The number of benzene rings is 2. The van der Waals surface area contributed by atoms with Gasteiger partial charge in [-0.05, 0) is 48.4 Å². The topological polar surface area (TPSA) is 116 Å². The molecule has 0 spiro atoms. The number of ketones is 1. The van der Waals surface area contributed by atoms with E-state index < -0.39 is 59.6 Å². The van der Waals surface area contributed by atoms with Crippen LogP contribution in [0.1, 0.15) is 24.9 Å². The normalized spacial score (nSPS) is 16.7. The summed E-state index contributed by atoms with van der Waals surface area (Å²) < 4.78 is 41.8. The van der Waals surface area contributed by atoms with Crippen LogP contribution < -0.4 is 10.6 Å². The van der Waals surface area contributed by atoms with Crippen LogP contribution in [0.15, 0.2) is 48.2 Å². The molecule has 3 N–H and O–H groups in total. The van der Waals surface area contributed by atoms with E-state index >= 15 is 0 Å². The molecule has 11 heteroatoms. The van der Waals surface area contributed by atoms with E-state index in [0.717, 1.165) is 24.3 Å². The van der Waals surface area contributed by atoms with Crippen molar-refractivity contribution in [3.63, 3.8) is 0 Å². The minimum Gasteiger partial charge on any atom is -0.481 e. The van der Waals surface area contributed by atoms with Gasteiger partial charge >= 0.3 is 12.0 Å². The second-order valence-corrected chi connectivity index (χ2v) is 7.68. The lowest BCUT2D eigenvalue weighted by Gasteiger charge is -2.28. The van der Waals surface area contributed by atoms with Crippen LogP contribution in [-0.4, -0.2) is 46.8 Å². The smallest absolute Gasteiger partial charge is 0.316 e. The Labute approximate surface area is 192 Å². The van der Waals surface area contributed by atoms with Crippen molar-refractivity contribution in [2.75, 3.05) is 7.05 Å². The Morgan fingerprint density at radius 2 is 1.79 bits per heavy atom. The van der Waals surface area contributed by atoms with E-state index in [4.69, 9.17) is 0 Å². The number of amides is 3. The zero-order chi connectivity index (χ0) is 25.2. The SMILES string of the molecule is CC1=CC(=O)C(NC(=O)NC(CC(=O)O)c2cc(F)cc(-c3ccc(F)cc3F)c2)C(=O)N1C. The van der Waals surface area contributed by atoms with E-state index in [1.54, 1.807) is 6.92 Å². The summed E-state index contributed by atoms with van der Waals surface area (Å²) in [6.45, 7) is 1.54. The van der Waals surface area contributed by atoms with E-state index in [0.29, 0.717) is 11.8 Å². The van der Waals surface area contributed by atoms with Crippen LogP contribution in [0.4, 0.5) is 18.0 Å². The van der Waals surface area contributed by atoms with Gasteiger partial charge in [0.2, 0.25) is 0 Å². The van der Waals surface area contributed by atoms with Gasteiger partial charge in [0.25, 0.3) is 5.91 Å². The first kappa shape index (κ1) is 24.5. The first-order chi connectivity index (χ1) is 16.0. The largest absolute Gasteiger partial charge is 0.481 e. The molecule has 34 heavy (non-hydrogen) atoms. The number of nitrogens with one attached hydrogen (secondary N) is 2. The Balaban J connectivity index is 1.88. The average molecular weight is 475 g/mol. The third kappa shape index (κ3) is 5.42. The highest BCUT2D eigenvalue weighted by molar-refractivity contribution is 6.14. The number of rotatable bonds is 6. The minimum absolute atomic E-state index is 0.00929. The number of carboxylic acid groups (broad SMARTS) is 1. The molecule has 1 aliphatic heterocycles. The van der Waals surface area contributed by atoms with Crippen molar-refractivity contribution >= 4 is 23.7 Å². The van der Waals surface area contributed by atoms with Crippen LogP contribution in [0.2, 0.25) is 0 Å². The average Bonchev–Trinajstić information content (AvgIpc) is 2.74. The summed E-state index contributed by atoms with van der Waals surface area (Å²) >= 11 is 0. The van der Waals surface area contributed by atoms with Crippen LogP contribution in [0.5, 0.6) is 0 Å². The molecule has 3 amide bonds. The van der Waals surface area contributed by atoms with Crippen molar-refractivity contribution in [2.45, 2.75) is 25.4 Å². The number of carbonyl (C=O) groups excluding carboxylic acids is 3. The molecular formula is C23H20F3N3O5. The van der Waals surface area contributed by atoms with Gasteiger partial charge in [0.1, 0.15) is 17.5 Å². The molecule has 1 aliphatic rings. The van der Waals surface area contributed by atoms with E-state index in [9.17, 15) is 37.5 Å². The minimum atomic E-state index is -1.52. The van der Waals surface area contributed by atoms with Gasteiger partial charge < -0.3 is 20.6 Å². The molecule has 3 rings (SSSR count). The Morgan fingerprint density at radius 3 is 2.44 bits per heavy atom. The molecule has 178 valence electrons. The Hall–Kier alpha value is -4.15. The molecule has 8 nitrogen and oxygen atoms in total. The number of carboxylic acids is 1. The molecule has 2 atom stereocenters. The molecule has 1 heterocycles. The highest BCUT2D eigenvalue weighted by atomic mass is 19.1. The zero-order valence-electron chi connectivity index (χ0n) is 18.1. The van der Waals surface area contributed by atoms with Crippen molar-refractivity contribution in [3.05, 3.63) is 71.2 Å². The summed E-state index contributed by atoms with van der Waals surface area (Å²) in [6.07, 6.45) is 0.491. The van der Waals surface area contributed by atoms with Crippen molar-refractivity contribution in [2.24, 2.45) is 0 Å². The van der Waals surface area contributed by atoms with Crippen LogP contribution in [0, 0.1) is 17.5 Å². The van der Waals surface area contributed by atoms with E-state index in [2.05, 4.69) is 10.6 Å². The monoisotopic (exact) mass is 475 g/mol. The number of aliphatic carboxylic acids is 1. The van der Waals surface area contributed by atoms with Gasteiger partial charge in [-0.1, -0.05) is 0 Å². The van der Waals surface area contributed by atoms with E-state index in [1.165, 1.54) is 24.1 Å². The van der Waals surface area contributed by atoms with Gasteiger partial charge in [-0.15, -0.1) is 0 Å². The van der Waals surface area contributed by atoms with Gasteiger partial charge in [-0.2, -0.15) is 0 Å². The highest BCUT2D eigenvalue weighted by Crippen LogP contribution is 2.29. The highest BCUT2D eigenvalue weighted by Gasteiger charge is 2.34. The second kappa shape index (κ2) is 9.77. The number of halogens is 3. The van der Waals surface area contributed by atoms with Crippen LogP contribution in [-0.2, 0) is 14.4 Å². The maximum absolute atomic E-state index is 14.3. The zero-order valence-corrected chi connectivity index (χ0v) is 18.1. The summed E-state index contributed by atoms with van der Waals surface area (Å²) in [5, 5.41) is 13.8. The Bertz CT molecular complexity index is 1210. The molecule has 0 aromatic heterocycles. The standard InChI is InChI=1S/C23H20F3N3O5/c1-11-5-19(30)21(22(33)29(11)2)28-23(34)27-18(10-20(31)32)13-6-12(7-15(25)8-13)16-4-3-14(24)9-17(16)26/h3-9,18,21H,10H2,1-2H3,(H,31,32)(H2,27,28,34). The van der Waals surface area contributed by atoms with Gasteiger partial charge in [0.05, 0.1) is 12.5 Å². The first-order valence-corrected chi connectivity index (χ1v) is 10.0. The summed E-state index contributed by atoms with van der Waals surface area (Å²) in [5.74, 6) is -5.33. The van der Waals surface area contributed by atoms with Gasteiger partial charge in [-0.3, -0.25) is 14.4 Å². The molecule has 2 aromatic carbocycles. The van der Waals surface area contributed by atoms with Crippen molar-refractivity contribution < 1.29 is 37.5 Å². The lowest BCUT2D eigenvalue weighted by Crippen LogP contribution is -2.56. The van der Waals surface area contributed by atoms with Crippen LogP contribution in [0.25, 0.3) is 11.1 Å². The van der Waals surface area contributed by atoms with Crippen molar-refractivity contribution in [1.82, 2.24) is 15.5 Å². The van der Waals surface area contributed by atoms with Crippen LogP contribution >= 0.6 is 0 Å². The number of urea groups is 1. The number of hydrogen-bond acceptors (Lipinski definition) is 4. The molecule has 2 aromatic rings. The number of nitrogens with zero attached hydrogens (tertiary/aromatic N) is 1. The third-order valence-corrected chi connectivity index (χ3v) is 5.27. The summed E-state index contributed by atoms with van der Waals surface area (Å²) in [5.41, 5.74) is 0.220. The molecule has 0 bridgehead atoms. The molecule has 0 saturated heterocycles. The number of carbonyl (C=O) groups is 4. The predicted molar refractivity (Wildman–Crippen MR) is 114 cm³/mol. The van der Waals surface area contributed by atoms with Gasteiger partial charge in [-0.25, -0.2) is 18.0 Å². The quantitative estimate of drug-likeness (QED) is 0.556. The van der Waals surface area contributed by atoms with Gasteiger partial charge in [0, 0.05) is 30.5 Å². The predicted octanol–water partition coefficient (Wildman–Crippen LogP) is 2.90. The van der Waals surface area contributed by atoms with E-state index in [-0.39, 0.29) is 16.7 Å². The molecule has 0 saturated carbocycles. The van der Waals surface area contributed by atoms with Crippen molar-refractivity contribution in [3.8, 4) is 11.1 Å². The lowest BCUT2D eigenvalue weighted by molar-refractivity contribution is -0.138. The van der Waals surface area contributed by atoms with E-state index in [1.807, 2.05) is 0 Å². The molecular weight excluding hydrogens is 455 g/mol. The van der Waals surface area contributed by atoms with Crippen LogP contribution in [0.3, 0.4) is 0 Å². The maximum atomic E-state index is 14.3. The number of hydrogen-bond donors (Lipinski definition) is 3. The number of likely N-dealkylation sites (N-methyl/N-ethyl adjacent to an activating group) is 1. The molecule has 0 aliphatic carbocycles. The summed E-state index contributed by atoms with van der Waals surface area (Å²) in [4.78, 5) is 49.6. The Kier molecular flexibility index (Phi) is 7.04. The van der Waals surface area contributed by atoms with Gasteiger partial charge in [0.15, 0.2) is 11.8 Å². The van der Waals surface area contributed by atoms with Crippen molar-refractivity contribution in [1.29, 1.82) is 0 Å². The molecule has 0 fully saturated rings. The second-order valence-electron chi connectivity index (χ2n) is 7.68. The molecule has 2 unspecified atom stereocenters. The summed E-state index contributed by atoms with van der Waals surface area (Å²) in [7, 11) is 1.42. The molecule has 0 radical (unpaired) electrons. The lowest BCUT2D eigenvalue weighted by atomic mass is 9.97. The third-order valence-electron chi connectivity index (χ3n) is 5.27. The Morgan fingerprint density at radius 1 is 1.09 bits per heavy atom. The fourth-order valence-electron chi connectivity index (χ4n) is 3.46.